The molecule has 0 saturated carbocycles. The van der Waals surface area contributed by atoms with Crippen LogP contribution in [0.3, 0.4) is 0 Å². The van der Waals surface area contributed by atoms with E-state index < -0.39 is 0 Å². The zero-order valence-electron chi connectivity index (χ0n) is 14.4. The topological polar surface area (TPSA) is 62.4 Å². The van der Waals surface area contributed by atoms with Crippen molar-refractivity contribution in [2.75, 3.05) is 13.1 Å². The van der Waals surface area contributed by atoms with E-state index in [1.165, 1.54) is 10.9 Å². The molecule has 130 valence electrons. The number of aryl methyl sites for hydroxylation is 1. The zero-order chi connectivity index (χ0) is 17.2. The van der Waals surface area contributed by atoms with E-state index in [4.69, 9.17) is 4.52 Å². The van der Waals surface area contributed by atoms with E-state index in [0.717, 1.165) is 36.4 Å². The molecule has 0 unspecified atom stereocenters. The molecular weight excluding hydrogens is 314 g/mol. The van der Waals surface area contributed by atoms with E-state index in [1.807, 2.05) is 30.5 Å². The van der Waals surface area contributed by atoms with Crippen molar-refractivity contribution in [3.05, 3.63) is 59.6 Å². The summed E-state index contributed by atoms with van der Waals surface area (Å²) in [5.74, 6) is 1.10. The Morgan fingerprint density at radius 3 is 2.96 bits per heavy atom. The largest absolute Gasteiger partial charge is 0.391 e. The van der Waals surface area contributed by atoms with Gasteiger partial charge in [-0.05, 0) is 30.5 Å². The first-order valence-electron chi connectivity index (χ1n) is 8.90. The fourth-order valence-corrected chi connectivity index (χ4v) is 3.70. The molecule has 1 N–H and O–H groups in total. The normalized spacial score (nSPS) is 21.2. The predicted molar refractivity (Wildman–Crippen MR) is 96.1 cm³/mol. The number of para-hydroxylation sites is 1. The van der Waals surface area contributed by atoms with E-state index in [-0.39, 0.29) is 12.0 Å². The Labute approximate surface area is 147 Å². The van der Waals surface area contributed by atoms with Gasteiger partial charge in [-0.1, -0.05) is 30.3 Å². The van der Waals surface area contributed by atoms with Crippen molar-refractivity contribution >= 4 is 10.9 Å². The van der Waals surface area contributed by atoms with Crippen LogP contribution in [0.4, 0.5) is 0 Å². The number of pyridine rings is 1. The van der Waals surface area contributed by atoms with Crippen LogP contribution in [0.1, 0.15) is 23.9 Å². The van der Waals surface area contributed by atoms with Crippen LogP contribution < -0.4 is 0 Å². The van der Waals surface area contributed by atoms with Gasteiger partial charge >= 0.3 is 0 Å². The van der Waals surface area contributed by atoms with Crippen LogP contribution in [0.2, 0.25) is 0 Å². The first kappa shape index (κ1) is 16.2. The Morgan fingerprint density at radius 2 is 2.12 bits per heavy atom. The highest BCUT2D eigenvalue weighted by atomic mass is 16.5. The summed E-state index contributed by atoms with van der Waals surface area (Å²) < 4.78 is 5.38. The van der Waals surface area contributed by atoms with Gasteiger partial charge in [0.05, 0.1) is 23.9 Å². The number of rotatable bonds is 5. The van der Waals surface area contributed by atoms with Crippen LogP contribution in [0.25, 0.3) is 10.9 Å². The Morgan fingerprint density at radius 1 is 1.24 bits per heavy atom. The van der Waals surface area contributed by atoms with E-state index >= 15 is 0 Å². The molecule has 25 heavy (non-hydrogen) atoms. The summed E-state index contributed by atoms with van der Waals surface area (Å²) in [6.07, 6.45) is 3.28. The Bertz CT molecular complexity index is 856. The van der Waals surface area contributed by atoms with Crippen LogP contribution in [0, 0.1) is 5.92 Å². The highest BCUT2D eigenvalue weighted by Gasteiger charge is 2.32. The minimum absolute atomic E-state index is 0.222. The third-order valence-corrected chi connectivity index (χ3v) is 5.05. The average Bonchev–Trinajstić information content (AvgIpc) is 3.22. The van der Waals surface area contributed by atoms with Crippen LogP contribution in [-0.2, 0) is 19.4 Å². The van der Waals surface area contributed by atoms with Gasteiger partial charge in [0, 0.05) is 36.7 Å². The quantitative estimate of drug-likeness (QED) is 0.776. The predicted octanol–water partition coefficient (Wildman–Crippen LogP) is 2.82. The van der Waals surface area contributed by atoms with Crippen molar-refractivity contribution in [1.82, 2.24) is 15.0 Å². The maximum atomic E-state index is 10.5. The third kappa shape index (κ3) is 3.43. The van der Waals surface area contributed by atoms with Crippen molar-refractivity contribution in [2.45, 2.75) is 32.4 Å². The molecule has 1 aromatic carbocycles. The van der Waals surface area contributed by atoms with Gasteiger partial charge in [0.2, 0.25) is 0 Å². The number of aliphatic hydroxyl groups is 1. The second kappa shape index (κ2) is 6.94. The summed E-state index contributed by atoms with van der Waals surface area (Å²) in [5.41, 5.74) is 3.25. The number of hydrogen-bond donors (Lipinski definition) is 1. The minimum Gasteiger partial charge on any atom is -0.391 e. The van der Waals surface area contributed by atoms with Gasteiger partial charge in [-0.3, -0.25) is 9.88 Å². The molecule has 1 saturated heterocycles. The number of benzene rings is 1. The summed E-state index contributed by atoms with van der Waals surface area (Å²) in [6.45, 7) is 4.31. The van der Waals surface area contributed by atoms with E-state index in [9.17, 15) is 5.11 Å². The van der Waals surface area contributed by atoms with Crippen molar-refractivity contribution in [3.8, 4) is 0 Å². The molecule has 4 rings (SSSR count). The molecule has 2 aromatic heterocycles. The first-order valence-corrected chi connectivity index (χ1v) is 8.90. The fourth-order valence-electron chi connectivity index (χ4n) is 3.70. The average molecular weight is 337 g/mol. The molecule has 1 aliphatic rings. The van der Waals surface area contributed by atoms with Crippen molar-refractivity contribution < 1.29 is 9.63 Å². The SMILES string of the molecule is CCc1cc(CN2C[C@@H](Cc3ccnc4ccccc34)[C@H](O)C2)on1. The van der Waals surface area contributed by atoms with Gasteiger partial charge in [-0.25, -0.2) is 0 Å². The highest BCUT2D eigenvalue weighted by Crippen LogP contribution is 2.26. The summed E-state index contributed by atoms with van der Waals surface area (Å²) in [5, 5.41) is 15.7. The third-order valence-electron chi connectivity index (χ3n) is 5.05. The van der Waals surface area contributed by atoms with Crippen LogP contribution in [-0.4, -0.2) is 39.3 Å². The molecule has 1 fully saturated rings. The smallest absolute Gasteiger partial charge is 0.150 e. The van der Waals surface area contributed by atoms with E-state index in [2.05, 4.69) is 34.1 Å². The zero-order valence-corrected chi connectivity index (χ0v) is 14.4. The number of aromatic nitrogens is 2. The molecule has 0 bridgehead atoms. The molecule has 0 radical (unpaired) electrons. The maximum absolute atomic E-state index is 10.5. The number of β-amino-alcohol motifs (C(OH)–C–C–N with tert-alkyl or cyclic N) is 1. The molecular formula is C20H23N3O2. The van der Waals surface area contributed by atoms with E-state index in [1.54, 1.807) is 0 Å². The van der Waals surface area contributed by atoms with Gasteiger partial charge < -0.3 is 9.63 Å². The lowest BCUT2D eigenvalue weighted by molar-refractivity contribution is 0.140. The fraction of sp³-hybridized carbons (Fsp3) is 0.400. The second-order valence-electron chi connectivity index (χ2n) is 6.85. The number of fused-ring (bicyclic) bond motifs is 1. The lowest BCUT2D eigenvalue weighted by Gasteiger charge is -2.15. The number of nitrogens with zero attached hydrogens (tertiary/aromatic N) is 3. The summed E-state index contributed by atoms with van der Waals surface area (Å²) in [7, 11) is 0. The lowest BCUT2D eigenvalue weighted by Crippen LogP contribution is -2.21. The van der Waals surface area contributed by atoms with Crippen molar-refractivity contribution in [1.29, 1.82) is 0 Å². The lowest BCUT2D eigenvalue weighted by atomic mass is 9.94. The number of likely N-dealkylation sites (tertiary alicyclic amines) is 1. The highest BCUT2D eigenvalue weighted by molar-refractivity contribution is 5.81. The Hall–Kier alpha value is -2.24. The van der Waals surface area contributed by atoms with Gasteiger partial charge in [-0.2, -0.15) is 0 Å². The summed E-state index contributed by atoms with van der Waals surface area (Å²) in [6, 6.07) is 12.3. The molecule has 3 heterocycles. The van der Waals surface area contributed by atoms with Crippen LogP contribution in [0.5, 0.6) is 0 Å². The second-order valence-corrected chi connectivity index (χ2v) is 6.85. The molecule has 1 aliphatic heterocycles. The van der Waals surface area contributed by atoms with Gasteiger partial charge in [-0.15, -0.1) is 0 Å². The number of aliphatic hydroxyl groups excluding tert-OH is 1. The summed E-state index contributed by atoms with van der Waals surface area (Å²) in [4.78, 5) is 6.67. The molecule has 5 nitrogen and oxygen atoms in total. The van der Waals surface area contributed by atoms with E-state index in [0.29, 0.717) is 13.1 Å². The standard InChI is InChI=1S/C20H23N3O2/c1-2-16-10-17(25-22-16)12-23-11-15(20(24)13-23)9-14-7-8-21-19-6-4-3-5-18(14)19/h3-8,10,15,20,24H,2,9,11-13H2,1H3/t15-,20-/m1/s1. The minimum atomic E-state index is -0.319. The van der Waals surface area contributed by atoms with Crippen LogP contribution >= 0.6 is 0 Å². The molecule has 0 amide bonds. The monoisotopic (exact) mass is 337 g/mol. The molecule has 5 heteroatoms. The molecule has 2 atom stereocenters. The van der Waals surface area contributed by atoms with Crippen molar-refractivity contribution in [2.24, 2.45) is 5.92 Å². The first-order chi connectivity index (χ1) is 12.2. The van der Waals surface area contributed by atoms with Crippen LogP contribution in [0.15, 0.2) is 47.1 Å². The van der Waals surface area contributed by atoms with Gasteiger partial charge in [0.15, 0.2) is 5.76 Å². The molecule has 0 spiro atoms. The van der Waals surface area contributed by atoms with Gasteiger partial charge in [0.25, 0.3) is 0 Å². The Kier molecular flexibility index (Phi) is 4.51. The summed E-state index contributed by atoms with van der Waals surface area (Å²) >= 11 is 0. The number of hydrogen-bond acceptors (Lipinski definition) is 5. The molecule has 0 aliphatic carbocycles. The molecule has 3 aromatic rings. The Balaban J connectivity index is 1.46. The van der Waals surface area contributed by atoms with Crippen molar-refractivity contribution in [3.63, 3.8) is 0 Å². The maximum Gasteiger partial charge on any atom is 0.150 e. The van der Waals surface area contributed by atoms with Gasteiger partial charge in [0.1, 0.15) is 0 Å².